The first-order chi connectivity index (χ1) is 9.54. The topological polar surface area (TPSA) is 63.9 Å². The first-order valence-corrected chi connectivity index (χ1v) is 6.84. The number of nitrogens with zero attached hydrogens (tertiary/aromatic N) is 1. The van der Waals surface area contributed by atoms with Gasteiger partial charge in [0.25, 0.3) is 5.82 Å². The lowest BCUT2D eigenvalue weighted by Gasteiger charge is -2.13. The van der Waals surface area contributed by atoms with Crippen molar-refractivity contribution in [1.29, 1.82) is 5.26 Å². The maximum absolute atomic E-state index is 9.41. The van der Waals surface area contributed by atoms with Crippen molar-refractivity contribution in [3.05, 3.63) is 47.2 Å². The predicted molar refractivity (Wildman–Crippen MR) is 80.8 cm³/mol. The molecule has 0 unspecified atom stereocenters. The van der Waals surface area contributed by atoms with Gasteiger partial charge < -0.3 is 0 Å². The second-order valence-corrected chi connectivity index (χ2v) is 5.47. The lowest BCUT2D eigenvalue weighted by Crippen LogP contribution is -2.22. The zero-order valence-electron chi connectivity index (χ0n) is 12.2. The van der Waals surface area contributed by atoms with Crippen molar-refractivity contribution in [2.75, 3.05) is 5.73 Å². The monoisotopic (exact) mass is 266 g/mol. The SMILES string of the molecule is Cc1c(CC(C)C)[nH+]c(N)c(C#N)c1-c1ccccc1. The van der Waals surface area contributed by atoms with Crippen molar-refractivity contribution in [3.8, 4) is 17.2 Å². The molecule has 1 aromatic heterocycles. The maximum Gasteiger partial charge on any atom is 0.289 e. The number of aromatic amines is 1. The summed E-state index contributed by atoms with van der Waals surface area (Å²) in [7, 11) is 0. The molecule has 1 heterocycles. The number of hydrogen-bond donors (Lipinski definition) is 1. The second-order valence-electron chi connectivity index (χ2n) is 5.47. The van der Waals surface area contributed by atoms with Gasteiger partial charge in [-0.3, -0.25) is 5.73 Å². The summed E-state index contributed by atoms with van der Waals surface area (Å²) >= 11 is 0. The van der Waals surface area contributed by atoms with Gasteiger partial charge in [-0.1, -0.05) is 44.2 Å². The van der Waals surface area contributed by atoms with Crippen molar-refractivity contribution < 1.29 is 4.98 Å². The number of hydrogen-bond acceptors (Lipinski definition) is 2. The zero-order chi connectivity index (χ0) is 14.7. The Labute approximate surface area is 120 Å². The van der Waals surface area contributed by atoms with Crippen molar-refractivity contribution in [2.45, 2.75) is 27.2 Å². The third-order valence-electron chi connectivity index (χ3n) is 3.42. The van der Waals surface area contributed by atoms with E-state index >= 15 is 0 Å². The Balaban J connectivity index is 2.71. The molecule has 3 heteroatoms. The fourth-order valence-corrected chi connectivity index (χ4v) is 2.49. The molecule has 0 spiro atoms. The number of nitrogens with one attached hydrogen (secondary N) is 1. The Kier molecular flexibility index (Phi) is 4.05. The van der Waals surface area contributed by atoms with Gasteiger partial charge in [0.15, 0.2) is 0 Å². The summed E-state index contributed by atoms with van der Waals surface area (Å²) in [6.45, 7) is 6.39. The third kappa shape index (κ3) is 2.65. The van der Waals surface area contributed by atoms with Crippen molar-refractivity contribution >= 4 is 5.82 Å². The minimum atomic E-state index is 0.451. The van der Waals surface area contributed by atoms with E-state index < -0.39 is 0 Å². The van der Waals surface area contributed by atoms with Crippen LogP contribution in [0.4, 0.5) is 5.82 Å². The molecule has 0 bridgehead atoms. The van der Waals surface area contributed by atoms with Crippen molar-refractivity contribution in [1.82, 2.24) is 0 Å². The molecule has 0 aliphatic heterocycles. The highest BCUT2D eigenvalue weighted by Gasteiger charge is 2.20. The molecule has 0 aliphatic rings. The molecular weight excluding hydrogens is 246 g/mol. The highest BCUT2D eigenvalue weighted by molar-refractivity contribution is 5.77. The average Bonchev–Trinajstić information content (AvgIpc) is 2.42. The third-order valence-corrected chi connectivity index (χ3v) is 3.42. The molecular formula is C17H20N3+. The van der Waals surface area contributed by atoms with Gasteiger partial charge in [0.2, 0.25) is 0 Å². The quantitative estimate of drug-likeness (QED) is 0.927. The van der Waals surface area contributed by atoms with Gasteiger partial charge in [0, 0.05) is 17.5 Å². The predicted octanol–water partition coefficient (Wildman–Crippen LogP) is 3.13. The Hall–Kier alpha value is -2.34. The van der Waals surface area contributed by atoms with Crippen LogP contribution in [0, 0.1) is 24.2 Å². The van der Waals surface area contributed by atoms with E-state index in [2.05, 4.69) is 31.8 Å². The molecule has 3 nitrogen and oxygen atoms in total. The van der Waals surface area contributed by atoms with Crippen LogP contribution in [0.3, 0.4) is 0 Å². The smallest absolute Gasteiger partial charge is 0.286 e. The first-order valence-electron chi connectivity index (χ1n) is 6.84. The molecule has 0 amide bonds. The zero-order valence-corrected chi connectivity index (χ0v) is 12.2. The molecule has 0 saturated carbocycles. The van der Waals surface area contributed by atoms with E-state index in [0.29, 0.717) is 17.3 Å². The second kappa shape index (κ2) is 5.75. The van der Waals surface area contributed by atoms with Crippen LogP contribution in [-0.2, 0) is 6.42 Å². The number of aromatic nitrogens is 1. The molecule has 0 fully saturated rings. The average molecular weight is 266 g/mol. The highest BCUT2D eigenvalue weighted by Crippen LogP contribution is 2.30. The number of nitriles is 1. The summed E-state index contributed by atoms with van der Waals surface area (Å²) in [4.78, 5) is 3.19. The van der Waals surface area contributed by atoms with Crippen LogP contribution in [0.15, 0.2) is 30.3 Å². The number of rotatable bonds is 3. The van der Waals surface area contributed by atoms with Gasteiger partial charge >= 0.3 is 0 Å². The molecule has 20 heavy (non-hydrogen) atoms. The molecule has 0 atom stereocenters. The number of nitrogens with two attached hydrogens (primary N) is 1. The Morgan fingerprint density at radius 3 is 2.45 bits per heavy atom. The van der Waals surface area contributed by atoms with E-state index in [4.69, 9.17) is 5.73 Å². The van der Waals surface area contributed by atoms with Crippen LogP contribution in [0.5, 0.6) is 0 Å². The van der Waals surface area contributed by atoms with Gasteiger partial charge in [0.1, 0.15) is 17.3 Å². The summed E-state index contributed by atoms with van der Waals surface area (Å²) in [6.07, 6.45) is 0.918. The molecule has 0 saturated heterocycles. The lowest BCUT2D eigenvalue weighted by atomic mass is 9.92. The summed E-state index contributed by atoms with van der Waals surface area (Å²) < 4.78 is 0. The Bertz CT molecular complexity index is 652. The first kappa shape index (κ1) is 14.1. The number of anilines is 1. The van der Waals surface area contributed by atoms with Crippen LogP contribution in [0.1, 0.15) is 30.7 Å². The van der Waals surface area contributed by atoms with Crippen LogP contribution in [-0.4, -0.2) is 0 Å². The van der Waals surface area contributed by atoms with E-state index in [0.717, 1.165) is 28.8 Å². The van der Waals surface area contributed by atoms with Crippen LogP contribution < -0.4 is 10.7 Å². The van der Waals surface area contributed by atoms with Crippen LogP contribution in [0.25, 0.3) is 11.1 Å². The van der Waals surface area contributed by atoms with E-state index in [-0.39, 0.29) is 0 Å². The number of benzene rings is 1. The molecule has 102 valence electrons. The van der Waals surface area contributed by atoms with Gasteiger partial charge in [-0.05, 0) is 18.4 Å². The summed E-state index contributed by atoms with van der Waals surface area (Å²) in [5, 5.41) is 9.41. The molecule has 2 rings (SSSR count). The summed E-state index contributed by atoms with van der Waals surface area (Å²) in [5.74, 6) is 0.980. The number of nitrogen functional groups attached to an aromatic ring is 1. The standard InChI is InChI=1S/C17H19N3/c1-11(2)9-15-12(3)16(13-7-5-4-6-8-13)14(10-18)17(19)20-15/h4-8,11H,9H2,1-3H3,(H2,19,20)/p+1. The molecule has 0 radical (unpaired) electrons. The largest absolute Gasteiger partial charge is 0.289 e. The van der Waals surface area contributed by atoms with Gasteiger partial charge in [-0.15, -0.1) is 0 Å². The van der Waals surface area contributed by atoms with Crippen molar-refractivity contribution in [2.24, 2.45) is 5.92 Å². The Morgan fingerprint density at radius 1 is 1.25 bits per heavy atom. The minimum Gasteiger partial charge on any atom is -0.286 e. The van der Waals surface area contributed by atoms with Crippen LogP contribution >= 0.6 is 0 Å². The van der Waals surface area contributed by atoms with Crippen molar-refractivity contribution in [3.63, 3.8) is 0 Å². The number of H-pyrrole nitrogens is 1. The van der Waals surface area contributed by atoms with Gasteiger partial charge in [-0.25, -0.2) is 4.98 Å². The lowest BCUT2D eigenvalue weighted by molar-refractivity contribution is -0.374. The van der Waals surface area contributed by atoms with Gasteiger partial charge in [0.05, 0.1) is 0 Å². The molecule has 1 aromatic carbocycles. The van der Waals surface area contributed by atoms with Gasteiger partial charge in [-0.2, -0.15) is 5.26 Å². The minimum absolute atomic E-state index is 0.451. The van der Waals surface area contributed by atoms with E-state index in [1.165, 1.54) is 0 Å². The molecule has 3 N–H and O–H groups in total. The summed E-state index contributed by atoms with van der Waals surface area (Å²) in [5.41, 5.74) is 10.8. The van der Waals surface area contributed by atoms with Crippen LogP contribution in [0.2, 0.25) is 0 Å². The van der Waals surface area contributed by atoms with E-state index in [1.54, 1.807) is 0 Å². The normalized spacial score (nSPS) is 10.6. The van der Waals surface area contributed by atoms with E-state index in [9.17, 15) is 5.26 Å². The fourth-order valence-electron chi connectivity index (χ4n) is 2.49. The number of pyridine rings is 1. The fraction of sp³-hybridized carbons (Fsp3) is 0.294. The maximum atomic E-state index is 9.41. The molecule has 0 aliphatic carbocycles. The molecule has 2 aromatic rings. The highest BCUT2D eigenvalue weighted by atomic mass is 14.9. The summed E-state index contributed by atoms with van der Waals surface area (Å²) in [6, 6.07) is 12.2. The Morgan fingerprint density at radius 2 is 1.90 bits per heavy atom. The van der Waals surface area contributed by atoms with E-state index in [1.807, 2.05) is 30.3 Å².